The van der Waals surface area contributed by atoms with Crippen LogP contribution >= 0.6 is 0 Å². The second-order valence-corrected chi connectivity index (χ2v) is 4.54. The normalized spacial score (nSPS) is 10.2. The Kier molecular flexibility index (Phi) is 5.10. The Morgan fingerprint density at radius 3 is 2.65 bits per heavy atom. The van der Waals surface area contributed by atoms with Gasteiger partial charge in [-0.05, 0) is 43.4 Å². The fraction of sp³-hybridized carbons (Fsp3) is 0.250. The molecule has 0 aliphatic heterocycles. The van der Waals surface area contributed by atoms with E-state index in [9.17, 15) is 0 Å². The van der Waals surface area contributed by atoms with Crippen LogP contribution in [0.3, 0.4) is 0 Å². The third kappa shape index (κ3) is 4.38. The molecule has 0 amide bonds. The first-order chi connectivity index (χ1) is 9.78. The lowest BCUT2D eigenvalue weighted by Crippen LogP contribution is -2.24. The first kappa shape index (κ1) is 14.0. The van der Waals surface area contributed by atoms with Gasteiger partial charge in [0.15, 0.2) is 0 Å². The molecule has 2 rings (SSSR count). The molecule has 0 saturated heterocycles. The van der Waals surface area contributed by atoms with Crippen LogP contribution in [-0.2, 0) is 6.54 Å². The van der Waals surface area contributed by atoms with Crippen molar-refractivity contribution >= 4 is 0 Å². The number of ether oxygens (including phenoxy) is 1. The molecule has 0 radical (unpaired) electrons. The summed E-state index contributed by atoms with van der Waals surface area (Å²) >= 11 is 0. The van der Waals surface area contributed by atoms with E-state index in [0.29, 0.717) is 12.2 Å². The van der Waals surface area contributed by atoms with Crippen molar-refractivity contribution in [1.82, 2.24) is 9.88 Å². The van der Waals surface area contributed by atoms with Crippen molar-refractivity contribution in [3.63, 3.8) is 0 Å². The predicted molar refractivity (Wildman–Crippen MR) is 77.2 cm³/mol. The van der Waals surface area contributed by atoms with Crippen molar-refractivity contribution < 1.29 is 4.74 Å². The maximum Gasteiger partial charge on any atom is 0.119 e. The fourth-order valence-electron chi connectivity index (χ4n) is 1.79. The number of nitriles is 1. The second kappa shape index (κ2) is 7.27. The molecule has 0 fully saturated rings. The summed E-state index contributed by atoms with van der Waals surface area (Å²) < 4.78 is 5.64. The third-order valence-electron chi connectivity index (χ3n) is 2.88. The molecular weight excluding hydrogens is 250 g/mol. The Morgan fingerprint density at radius 2 is 2.00 bits per heavy atom. The summed E-state index contributed by atoms with van der Waals surface area (Å²) in [6, 6.07) is 15.1. The molecule has 0 atom stereocenters. The minimum Gasteiger partial charge on any atom is -0.492 e. The van der Waals surface area contributed by atoms with E-state index < -0.39 is 0 Å². The molecule has 20 heavy (non-hydrogen) atoms. The van der Waals surface area contributed by atoms with Gasteiger partial charge in [-0.3, -0.25) is 9.88 Å². The zero-order valence-corrected chi connectivity index (χ0v) is 11.5. The van der Waals surface area contributed by atoms with E-state index in [1.807, 2.05) is 37.4 Å². The van der Waals surface area contributed by atoms with Gasteiger partial charge in [-0.25, -0.2) is 0 Å². The highest BCUT2D eigenvalue weighted by Crippen LogP contribution is 2.11. The van der Waals surface area contributed by atoms with Crippen molar-refractivity contribution in [2.75, 3.05) is 20.2 Å². The molecule has 4 nitrogen and oxygen atoms in total. The molecule has 0 aliphatic rings. The molecule has 0 unspecified atom stereocenters. The van der Waals surface area contributed by atoms with Crippen molar-refractivity contribution in [2.45, 2.75) is 6.54 Å². The van der Waals surface area contributed by atoms with Crippen LogP contribution in [0.1, 0.15) is 11.3 Å². The van der Waals surface area contributed by atoms with Gasteiger partial charge in [-0.2, -0.15) is 5.26 Å². The van der Waals surface area contributed by atoms with Crippen molar-refractivity contribution in [3.8, 4) is 11.8 Å². The minimum absolute atomic E-state index is 0.606. The zero-order valence-electron chi connectivity index (χ0n) is 11.5. The smallest absolute Gasteiger partial charge is 0.119 e. The number of aromatic nitrogens is 1. The number of rotatable bonds is 6. The van der Waals surface area contributed by atoms with Crippen LogP contribution in [0.4, 0.5) is 0 Å². The predicted octanol–water partition coefficient (Wildman–Crippen LogP) is 2.46. The first-order valence-electron chi connectivity index (χ1n) is 6.49. The number of likely N-dealkylation sites (N-methyl/N-ethyl adjacent to an activating group) is 1. The van der Waals surface area contributed by atoms with Crippen molar-refractivity contribution in [3.05, 3.63) is 59.9 Å². The Bertz CT molecular complexity index is 561. The Balaban J connectivity index is 1.73. The van der Waals surface area contributed by atoms with E-state index in [1.54, 1.807) is 18.3 Å². The van der Waals surface area contributed by atoms with Gasteiger partial charge in [0.2, 0.25) is 0 Å². The molecule has 4 heteroatoms. The van der Waals surface area contributed by atoms with Gasteiger partial charge in [-0.15, -0.1) is 0 Å². The summed E-state index contributed by atoms with van der Waals surface area (Å²) in [5, 5.41) is 8.71. The molecule has 1 aromatic carbocycles. The van der Waals surface area contributed by atoms with E-state index >= 15 is 0 Å². The number of pyridine rings is 1. The van der Waals surface area contributed by atoms with Crippen molar-refractivity contribution in [2.24, 2.45) is 0 Å². The van der Waals surface area contributed by atoms with Gasteiger partial charge < -0.3 is 4.74 Å². The van der Waals surface area contributed by atoms with Crippen LogP contribution < -0.4 is 4.74 Å². The summed E-state index contributed by atoms with van der Waals surface area (Å²) in [7, 11) is 2.04. The minimum atomic E-state index is 0.606. The van der Waals surface area contributed by atoms with Crippen LogP contribution in [0.5, 0.6) is 5.75 Å². The number of hydrogen-bond donors (Lipinski definition) is 0. The summed E-state index contributed by atoms with van der Waals surface area (Å²) in [4.78, 5) is 6.45. The van der Waals surface area contributed by atoms with Crippen LogP contribution in [0.2, 0.25) is 0 Å². The lowest BCUT2D eigenvalue weighted by Gasteiger charge is -2.16. The van der Waals surface area contributed by atoms with Crippen LogP contribution in [0, 0.1) is 11.3 Å². The Labute approximate surface area is 119 Å². The van der Waals surface area contributed by atoms with Crippen LogP contribution in [-0.4, -0.2) is 30.1 Å². The van der Waals surface area contributed by atoms with E-state index in [-0.39, 0.29) is 0 Å². The van der Waals surface area contributed by atoms with Gasteiger partial charge in [0.1, 0.15) is 12.4 Å². The zero-order chi connectivity index (χ0) is 14.2. The molecule has 2 aromatic rings. The quantitative estimate of drug-likeness (QED) is 0.806. The average Bonchev–Trinajstić information content (AvgIpc) is 2.49. The molecule has 0 N–H and O–H groups in total. The standard InChI is InChI=1S/C16H17N3O/c1-19(13-15-4-2-3-9-18-15)10-11-20-16-7-5-14(12-17)6-8-16/h2-9H,10-11,13H2,1H3. The fourth-order valence-corrected chi connectivity index (χ4v) is 1.79. The highest BCUT2D eigenvalue weighted by molar-refractivity contribution is 5.34. The molecule has 0 saturated carbocycles. The number of nitrogens with zero attached hydrogens (tertiary/aromatic N) is 3. The maximum absolute atomic E-state index is 8.71. The summed E-state index contributed by atoms with van der Waals surface area (Å²) in [6.45, 7) is 2.23. The van der Waals surface area contributed by atoms with Gasteiger partial charge >= 0.3 is 0 Å². The topological polar surface area (TPSA) is 49.1 Å². The lowest BCUT2D eigenvalue weighted by molar-refractivity contribution is 0.231. The monoisotopic (exact) mass is 267 g/mol. The van der Waals surface area contributed by atoms with Crippen LogP contribution in [0.25, 0.3) is 0 Å². The molecular formula is C16H17N3O. The highest BCUT2D eigenvalue weighted by atomic mass is 16.5. The second-order valence-electron chi connectivity index (χ2n) is 4.54. The van der Waals surface area contributed by atoms with Gasteiger partial charge in [-0.1, -0.05) is 6.07 Å². The Hall–Kier alpha value is -2.38. The van der Waals surface area contributed by atoms with E-state index in [0.717, 1.165) is 24.5 Å². The summed E-state index contributed by atoms with van der Waals surface area (Å²) in [5.41, 5.74) is 1.69. The lowest BCUT2D eigenvalue weighted by atomic mass is 10.2. The van der Waals surface area contributed by atoms with E-state index in [1.165, 1.54) is 0 Å². The number of hydrogen-bond acceptors (Lipinski definition) is 4. The molecule has 102 valence electrons. The largest absolute Gasteiger partial charge is 0.492 e. The van der Waals surface area contributed by atoms with Gasteiger partial charge in [0.05, 0.1) is 17.3 Å². The van der Waals surface area contributed by atoms with E-state index in [2.05, 4.69) is 16.0 Å². The van der Waals surface area contributed by atoms with Crippen molar-refractivity contribution in [1.29, 1.82) is 5.26 Å². The van der Waals surface area contributed by atoms with Gasteiger partial charge in [0, 0.05) is 19.3 Å². The molecule has 0 bridgehead atoms. The van der Waals surface area contributed by atoms with Crippen LogP contribution in [0.15, 0.2) is 48.7 Å². The molecule has 1 aromatic heterocycles. The highest BCUT2D eigenvalue weighted by Gasteiger charge is 2.01. The SMILES string of the molecule is CN(CCOc1ccc(C#N)cc1)Cc1ccccn1. The molecule has 1 heterocycles. The van der Waals surface area contributed by atoms with Gasteiger partial charge in [0.25, 0.3) is 0 Å². The summed E-state index contributed by atoms with van der Waals surface area (Å²) in [5.74, 6) is 0.787. The summed E-state index contributed by atoms with van der Waals surface area (Å²) in [6.07, 6.45) is 1.80. The third-order valence-corrected chi connectivity index (χ3v) is 2.88. The van der Waals surface area contributed by atoms with E-state index in [4.69, 9.17) is 10.00 Å². The molecule has 0 spiro atoms. The average molecular weight is 267 g/mol. The number of benzene rings is 1. The molecule has 0 aliphatic carbocycles. The first-order valence-corrected chi connectivity index (χ1v) is 6.49. The maximum atomic E-state index is 8.71. The Morgan fingerprint density at radius 1 is 1.20 bits per heavy atom.